The number of thiophene rings is 1. The maximum Gasteiger partial charge on any atom is 0.265 e. The molecule has 2 aromatic carbocycles. The lowest BCUT2D eigenvalue weighted by atomic mass is 10.2. The van der Waals surface area contributed by atoms with E-state index < -0.39 is 0 Å². The second-order valence-electron chi connectivity index (χ2n) is 6.89. The molecule has 0 fully saturated rings. The summed E-state index contributed by atoms with van der Waals surface area (Å²) in [6, 6.07) is 14.2. The van der Waals surface area contributed by atoms with Crippen LogP contribution in [-0.4, -0.2) is 28.6 Å². The molecule has 0 saturated carbocycles. The van der Waals surface area contributed by atoms with Gasteiger partial charge in [0, 0.05) is 23.1 Å². The Morgan fingerprint density at radius 1 is 1.06 bits per heavy atom. The Balaban J connectivity index is 1.61. The average molecular weight is 473 g/mol. The van der Waals surface area contributed by atoms with Gasteiger partial charge in [-0.05, 0) is 42.8 Å². The molecule has 0 unspecified atom stereocenters. The first-order valence-corrected chi connectivity index (χ1v) is 11.0. The van der Waals surface area contributed by atoms with Crippen molar-refractivity contribution in [3.63, 3.8) is 0 Å². The van der Waals surface area contributed by atoms with Gasteiger partial charge in [0.15, 0.2) is 0 Å². The Hall–Kier alpha value is -2.87. The van der Waals surface area contributed by atoms with Crippen LogP contribution in [0.2, 0.25) is 10.0 Å². The van der Waals surface area contributed by atoms with Crippen LogP contribution in [0.15, 0.2) is 48.5 Å². The smallest absolute Gasteiger partial charge is 0.265 e. The normalized spacial score (nSPS) is 11.0. The molecule has 0 aliphatic rings. The molecule has 0 saturated heterocycles. The zero-order valence-electron chi connectivity index (χ0n) is 16.7. The van der Waals surface area contributed by atoms with Gasteiger partial charge in [-0.1, -0.05) is 41.4 Å². The Bertz CT molecular complexity index is 1310. The van der Waals surface area contributed by atoms with Crippen molar-refractivity contribution in [1.82, 2.24) is 15.1 Å². The minimum atomic E-state index is -0.321. The molecular formula is C22H18Cl2N4O2S. The standard InChI is InChI=1S/C22H18Cl2N4O2S/c1-12-15-10-19(21(30)26-14-7-8-18(24)16(9-14)20(29)25-2)31-22(15)28(27-12)11-13-5-3-4-6-17(13)23/h3-10H,11H2,1-2H3,(H,25,29)(H,26,30). The summed E-state index contributed by atoms with van der Waals surface area (Å²) < 4.78 is 1.86. The molecule has 4 rings (SSSR count). The van der Waals surface area contributed by atoms with Crippen LogP contribution in [0.25, 0.3) is 10.2 Å². The highest BCUT2D eigenvalue weighted by atomic mass is 35.5. The van der Waals surface area contributed by atoms with Gasteiger partial charge in [0.05, 0.1) is 27.7 Å². The SMILES string of the molecule is CNC(=O)c1cc(NC(=O)c2cc3c(C)nn(Cc4ccccc4Cl)c3s2)ccc1Cl. The second kappa shape index (κ2) is 8.70. The van der Waals surface area contributed by atoms with Gasteiger partial charge in [-0.15, -0.1) is 11.3 Å². The number of amides is 2. The van der Waals surface area contributed by atoms with Gasteiger partial charge < -0.3 is 10.6 Å². The zero-order valence-corrected chi connectivity index (χ0v) is 19.0. The molecule has 2 aromatic heterocycles. The lowest BCUT2D eigenvalue weighted by Gasteiger charge is -2.08. The van der Waals surface area contributed by atoms with Crippen molar-refractivity contribution >= 4 is 62.3 Å². The molecule has 158 valence electrons. The summed E-state index contributed by atoms with van der Waals surface area (Å²) in [6.45, 7) is 2.42. The van der Waals surface area contributed by atoms with Crippen LogP contribution < -0.4 is 10.6 Å². The van der Waals surface area contributed by atoms with Crippen molar-refractivity contribution in [3.05, 3.63) is 80.3 Å². The van der Waals surface area contributed by atoms with Gasteiger partial charge >= 0.3 is 0 Å². The van der Waals surface area contributed by atoms with E-state index in [9.17, 15) is 9.59 Å². The third kappa shape index (κ3) is 4.30. The molecule has 0 aliphatic carbocycles. The highest BCUT2D eigenvalue weighted by Crippen LogP contribution is 2.30. The number of fused-ring (bicyclic) bond motifs is 1. The fourth-order valence-electron chi connectivity index (χ4n) is 3.22. The van der Waals surface area contributed by atoms with E-state index in [1.54, 1.807) is 18.2 Å². The van der Waals surface area contributed by atoms with E-state index in [0.29, 0.717) is 32.7 Å². The van der Waals surface area contributed by atoms with Crippen LogP contribution in [0.3, 0.4) is 0 Å². The Labute approximate surface area is 192 Å². The molecule has 0 radical (unpaired) electrons. The topological polar surface area (TPSA) is 76.0 Å². The van der Waals surface area contributed by atoms with Crippen molar-refractivity contribution in [2.24, 2.45) is 0 Å². The molecule has 2 N–H and O–H groups in total. The monoisotopic (exact) mass is 472 g/mol. The van der Waals surface area contributed by atoms with Gasteiger partial charge in [-0.2, -0.15) is 5.10 Å². The number of hydrogen-bond donors (Lipinski definition) is 2. The van der Waals surface area contributed by atoms with E-state index in [1.807, 2.05) is 41.9 Å². The number of nitrogens with one attached hydrogen (secondary N) is 2. The Morgan fingerprint density at radius 3 is 2.58 bits per heavy atom. The number of benzene rings is 2. The first kappa shape index (κ1) is 21.4. The predicted molar refractivity (Wildman–Crippen MR) is 126 cm³/mol. The lowest BCUT2D eigenvalue weighted by Crippen LogP contribution is -2.19. The van der Waals surface area contributed by atoms with Crippen LogP contribution >= 0.6 is 34.5 Å². The van der Waals surface area contributed by atoms with E-state index in [0.717, 1.165) is 21.5 Å². The quantitative estimate of drug-likeness (QED) is 0.409. The van der Waals surface area contributed by atoms with Crippen molar-refractivity contribution in [1.29, 1.82) is 0 Å². The van der Waals surface area contributed by atoms with Gasteiger partial charge in [0.25, 0.3) is 11.8 Å². The number of aryl methyl sites for hydroxylation is 1. The van der Waals surface area contributed by atoms with Crippen LogP contribution in [-0.2, 0) is 6.54 Å². The first-order chi connectivity index (χ1) is 14.9. The van der Waals surface area contributed by atoms with Gasteiger partial charge in [0.1, 0.15) is 4.83 Å². The minimum Gasteiger partial charge on any atom is -0.355 e. The molecule has 0 bridgehead atoms. The van der Waals surface area contributed by atoms with Crippen LogP contribution in [0.1, 0.15) is 31.3 Å². The number of carbonyl (C=O) groups excluding carboxylic acids is 2. The third-order valence-corrected chi connectivity index (χ3v) is 6.65. The molecule has 2 heterocycles. The predicted octanol–water partition coefficient (Wildman–Crippen LogP) is 5.37. The highest BCUT2D eigenvalue weighted by molar-refractivity contribution is 7.20. The number of aromatic nitrogens is 2. The number of rotatable bonds is 5. The molecule has 4 aromatic rings. The van der Waals surface area contributed by atoms with Crippen molar-refractivity contribution in [3.8, 4) is 0 Å². The maximum atomic E-state index is 12.9. The van der Waals surface area contributed by atoms with E-state index in [2.05, 4.69) is 15.7 Å². The van der Waals surface area contributed by atoms with E-state index in [-0.39, 0.29) is 11.8 Å². The fraction of sp³-hybridized carbons (Fsp3) is 0.136. The number of hydrogen-bond acceptors (Lipinski definition) is 4. The molecule has 9 heteroatoms. The van der Waals surface area contributed by atoms with Crippen molar-refractivity contribution in [2.75, 3.05) is 12.4 Å². The summed E-state index contributed by atoms with van der Waals surface area (Å²) >= 11 is 13.7. The highest BCUT2D eigenvalue weighted by Gasteiger charge is 2.18. The van der Waals surface area contributed by atoms with Crippen LogP contribution in [0.5, 0.6) is 0 Å². The second-order valence-corrected chi connectivity index (χ2v) is 8.74. The number of carbonyl (C=O) groups is 2. The van der Waals surface area contributed by atoms with Crippen LogP contribution in [0.4, 0.5) is 5.69 Å². The maximum absolute atomic E-state index is 12.9. The summed E-state index contributed by atoms with van der Waals surface area (Å²) in [5, 5.41) is 11.9. The number of halogens is 2. The molecule has 2 amide bonds. The molecule has 31 heavy (non-hydrogen) atoms. The molecule has 0 atom stereocenters. The molecule has 0 aliphatic heterocycles. The summed E-state index contributed by atoms with van der Waals surface area (Å²) in [5.41, 5.74) is 2.58. The Morgan fingerprint density at radius 2 is 1.84 bits per heavy atom. The van der Waals surface area contributed by atoms with Gasteiger partial charge in [0.2, 0.25) is 0 Å². The van der Waals surface area contributed by atoms with E-state index in [1.165, 1.54) is 18.4 Å². The number of anilines is 1. The lowest BCUT2D eigenvalue weighted by molar-refractivity contribution is 0.0961. The van der Waals surface area contributed by atoms with Gasteiger partial charge in [-0.25, -0.2) is 0 Å². The third-order valence-electron chi connectivity index (χ3n) is 4.81. The fourth-order valence-corrected chi connectivity index (χ4v) is 4.68. The largest absolute Gasteiger partial charge is 0.355 e. The van der Waals surface area contributed by atoms with Gasteiger partial charge in [-0.3, -0.25) is 14.3 Å². The van der Waals surface area contributed by atoms with E-state index >= 15 is 0 Å². The minimum absolute atomic E-state index is 0.268. The molecule has 6 nitrogen and oxygen atoms in total. The van der Waals surface area contributed by atoms with Crippen molar-refractivity contribution < 1.29 is 9.59 Å². The van der Waals surface area contributed by atoms with E-state index in [4.69, 9.17) is 23.2 Å². The van der Waals surface area contributed by atoms with Crippen molar-refractivity contribution in [2.45, 2.75) is 13.5 Å². The summed E-state index contributed by atoms with van der Waals surface area (Å²) in [7, 11) is 1.52. The summed E-state index contributed by atoms with van der Waals surface area (Å²) in [4.78, 5) is 26.3. The summed E-state index contributed by atoms with van der Waals surface area (Å²) in [5.74, 6) is -0.590. The molecule has 0 spiro atoms. The first-order valence-electron chi connectivity index (χ1n) is 9.40. The Kier molecular flexibility index (Phi) is 6.00. The zero-order chi connectivity index (χ0) is 22.1. The number of nitrogens with zero attached hydrogens (tertiary/aromatic N) is 2. The molecular weight excluding hydrogens is 455 g/mol. The van der Waals surface area contributed by atoms with Crippen LogP contribution in [0, 0.1) is 6.92 Å². The average Bonchev–Trinajstić information content (AvgIpc) is 3.32. The summed E-state index contributed by atoms with van der Waals surface area (Å²) in [6.07, 6.45) is 0.